The van der Waals surface area contributed by atoms with E-state index in [9.17, 15) is 19.3 Å². The van der Waals surface area contributed by atoms with Gasteiger partial charge in [-0.25, -0.2) is 14.4 Å². The molecule has 0 aliphatic carbocycles. The van der Waals surface area contributed by atoms with Crippen LogP contribution in [0, 0.1) is 15.9 Å². The molecule has 1 amide bonds. The van der Waals surface area contributed by atoms with Crippen molar-refractivity contribution < 1.29 is 14.1 Å². The van der Waals surface area contributed by atoms with Crippen LogP contribution < -0.4 is 16.2 Å². The molecule has 1 aromatic heterocycles. The highest BCUT2D eigenvalue weighted by Crippen LogP contribution is 2.32. The Morgan fingerprint density at radius 3 is 2.43 bits per heavy atom. The molecule has 11 heteroatoms. The monoisotopic (exact) mass is 402 g/mol. The van der Waals surface area contributed by atoms with E-state index in [4.69, 9.17) is 11.6 Å². The maximum Gasteiger partial charge on any atom is 0.355 e. The fourth-order valence-corrected chi connectivity index (χ4v) is 2.40. The van der Waals surface area contributed by atoms with Gasteiger partial charge in [-0.05, 0) is 36.4 Å². The molecule has 0 radical (unpaired) electrons. The highest BCUT2D eigenvalue weighted by atomic mass is 35.5. The predicted molar refractivity (Wildman–Crippen MR) is 101 cm³/mol. The zero-order chi connectivity index (χ0) is 20.1. The Bertz CT molecular complexity index is 1030. The molecule has 2 aromatic carbocycles. The van der Waals surface area contributed by atoms with E-state index >= 15 is 0 Å². The first-order valence-corrected chi connectivity index (χ1v) is 8.16. The Morgan fingerprint density at radius 2 is 1.75 bits per heavy atom. The Kier molecular flexibility index (Phi) is 5.61. The van der Waals surface area contributed by atoms with Crippen molar-refractivity contribution in [1.82, 2.24) is 15.4 Å². The van der Waals surface area contributed by atoms with Gasteiger partial charge in [0, 0.05) is 5.56 Å². The maximum atomic E-state index is 12.9. The number of halogens is 2. The van der Waals surface area contributed by atoms with Crippen molar-refractivity contribution in [2.24, 2.45) is 0 Å². The summed E-state index contributed by atoms with van der Waals surface area (Å²) < 4.78 is 12.9. The van der Waals surface area contributed by atoms with E-state index in [2.05, 4.69) is 26.1 Å². The molecule has 9 nitrogen and oxygen atoms in total. The molecule has 0 aliphatic heterocycles. The molecule has 0 bridgehead atoms. The van der Waals surface area contributed by atoms with Gasteiger partial charge < -0.3 is 5.32 Å². The molecular weight excluding hydrogens is 391 g/mol. The standard InChI is InChI=1S/C17H12ClFN6O3/c18-12-3-1-2-4-13(12)22-15-14(25(27)28)16(21-9-20-15)23-24-17(26)10-5-7-11(19)8-6-10/h1-9H,(H,24,26)(H2,20,21,22,23). The third-order valence-corrected chi connectivity index (χ3v) is 3.86. The molecule has 0 spiro atoms. The minimum atomic E-state index is -0.703. The minimum absolute atomic E-state index is 0.119. The van der Waals surface area contributed by atoms with Gasteiger partial charge in [0.25, 0.3) is 5.91 Å². The first kappa shape index (κ1) is 19.0. The number of carbonyl (C=O) groups excluding carboxylic acids is 1. The van der Waals surface area contributed by atoms with E-state index in [1.807, 2.05) is 0 Å². The van der Waals surface area contributed by atoms with Gasteiger partial charge in [0.15, 0.2) is 0 Å². The molecule has 0 saturated heterocycles. The molecule has 0 fully saturated rings. The van der Waals surface area contributed by atoms with Gasteiger partial charge >= 0.3 is 5.69 Å². The molecule has 0 saturated carbocycles. The third-order valence-electron chi connectivity index (χ3n) is 3.53. The van der Waals surface area contributed by atoms with E-state index in [-0.39, 0.29) is 17.2 Å². The van der Waals surface area contributed by atoms with E-state index in [1.54, 1.807) is 24.3 Å². The molecule has 0 aliphatic rings. The van der Waals surface area contributed by atoms with Gasteiger partial charge in [0.1, 0.15) is 12.1 Å². The average molecular weight is 403 g/mol. The number of para-hydroxylation sites is 1. The second kappa shape index (κ2) is 8.27. The summed E-state index contributed by atoms with van der Waals surface area (Å²) >= 11 is 6.05. The van der Waals surface area contributed by atoms with Gasteiger partial charge in [-0.3, -0.25) is 25.8 Å². The number of hydrazine groups is 1. The van der Waals surface area contributed by atoms with Gasteiger partial charge in [-0.2, -0.15) is 0 Å². The quantitative estimate of drug-likeness (QED) is 0.424. The number of nitro groups is 1. The zero-order valence-corrected chi connectivity index (χ0v) is 14.8. The molecule has 0 atom stereocenters. The Balaban J connectivity index is 1.83. The Labute approximate surface area is 162 Å². The smallest absolute Gasteiger partial charge is 0.333 e. The van der Waals surface area contributed by atoms with Crippen LogP contribution in [0.4, 0.5) is 27.4 Å². The summed E-state index contributed by atoms with van der Waals surface area (Å²) in [6, 6.07) is 11.4. The second-order valence-corrected chi connectivity index (χ2v) is 5.77. The molecule has 3 rings (SSSR count). The van der Waals surface area contributed by atoms with E-state index in [0.717, 1.165) is 18.5 Å². The van der Waals surface area contributed by atoms with E-state index in [1.165, 1.54) is 12.1 Å². The van der Waals surface area contributed by atoms with E-state index < -0.39 is 22.3 Å². The molecule has 1 heterocycles. The number of benzene rings is 2. The zero-order valence-electron chi connectivity index (χ0n) is 14.0. The van der Waals surface area contributed by atoms with Crippen molar-refractivity contribution in [1.29, 1.82) is 0 Å². The number of nitrogens with zero attached hydrogens (tertiary/aromatic N) is 3. The highest BCUT2D eigenvalue weighted by molar-refractivity contribution is 6.33. The molecule has 28 heavy (non-hydrogen) atoms. The van der Waals surface area contributed by atoms with E-state index in [0.29, 0.717) is 10.7 Å². The van der Waals surface area contributed by atoms with Crippen LogP contribution >= 0.6 is 11.6 Å². The number of nitrogens with one attached hydrogen (secondary N) is 3. The van der Waals surface area contributed by atoms with Gasteiger partial charge in [-0.1, -0.05) is 23.7 Å². The summed E-state index contributed by atoms with van der Waals surface area (Å²) in [7, 11) is 0. The first-order valence-electron chi connectivity index (χ1n) is 7.78. The second-order valence-electron chi connectivity index (χ2n) is 5.37. The summed E-state index contributed by atoms with van der Waals surface area (Å²) in [5.41, 5.74) is 4.73. The lowest BCUT2D eigenvalue weighted by Crippen LogP contribution is -2.30. The Hall–Kier alpha value is -3.79. The summed E-state index contributed by atoms with van der Waals surface area (Å²) in [6.07, 6.45) is 1.08. The lowest BCUT2D eigenvalue weighted by molar-refractivity contribution is -0.383. The highest BCUT2D eigenvalue weighted by Gasteiger charge is 2.24. The fraction of sp³-hybridized carbons (Fsp3) is 0. The number of amides is 1. The summed E-state index contributed by atoms with van der Waals surface area (Å²) in [6.45, 7) is 0. The van der Waals surface area contributed by atoms with Crippen molar-refractivity contribution in [2.45, 2.75) is 0 Å². The van der Waals surface area contributed by atoms with Crippen molar-refractivity contribution in [3.8, 4) is 0 Å². The normalized spacial score (nSPS) is 10.2. The SMILES string of the molecule is O=C(NNc1ncnc(Nc2ccccc2Cl)c1[N+](=O)[O-])c1ccc(F)cc1. The van der Waals surface area contributed by atoms with Crippen LogP contribution in [0.25, 0.3) is 0 Å². The molecule has 3 aromatic rings. The van der Waals surface area contributed by atoms with Crippen LogP contribution in [-0.4, -0.2) is 20.8 Å². The third kappa shape index (κ3) is 4.30. The molecular formula is C17H12ClFN6O3. The van der Waals surface area contributed by atoms with Crippen LogP contribution in [0.3, 0.4) is 0 Å². The fourth-order valence-electron chi connectivity index (χ4n) is 2.21. The predicted octanol–water partition coefficient (Wildman–Crippen LogP) is 3.68. The topological polar surface area (TPSA) is 122 Å². The summed E-state index contributed by atoms with van der Waals surface area (Å²) in [5.74, 6) is -1.49. The molecule has 3 N–H and O–H groups in total. The lowest BCUT2D eigenvalue weighted by atomic mass is 10.2. The summed E-state index contributed by atoms with van der Waals surface area (Å²) in [5, 5.41) is 14.6. The average Bonchev–Trinajstić information content (AvgIpc) is 2.68. The number of hydrogen-bond acceptors (Lipinski definition) is 7. The number of hydrogen-bond donors (Lipinski definition) is 3. The number of anilines is 3. The maximum absolute atomic E-state index is 12.9. The summed E-state index contributed by atoms with van der Waals surface area (Å²) in [4.78, 5) is 30.6. The van der Waals surface area contributed by atoms with Crippen LogP contribution in [0.1, 0.15) is 10.4 Å². The molecule has 142 valence electrons. The van der Waals surface area contributed by atoms with Crippen LogP contribution in [0.15, 0.2) is 54.9 Å². The number of carbonyl (C=O) groups is 1. The van der Waals surface area contributed by atoms with Crippen molar-refractivity contribution in [2.75, 3.05) is 10.7 Å². The van der Waals surface area contributed by atoms with Crippen molar-refractivity contribution in [3.63, 3.8) is 0 Å². The van der Waals surface area contributed by atoms with Crippen molar-refractivity contribution >= 4 is 40.5 Å². The largest absolute Gasteiger partial charge is 0.355 e. The van der Waals surface area contributed by atoms with Crippen molar-refractivity contribution in [3.05, 3.63) is 81.4 Å². The van der Waals surface area contributed by atoms with Gasteiger partial charge in [-0.15, -0.1) is 0 Å². The lowest BCUT2D eigenvalue weighted by Gasteiger charge is -2.11. The van der Waals surface area contributed by atoms with Gasteiger partial charge in [0.2, 0.25) is 11.6 Å². The van der Waals surface area contributed by atoms with Crippen LogP contribution in [-0.2, 0) is 0 Å². The molecule has 0 unspecified atom stereocenters. The number of rotatable bonds is 6. The van der Waals surface area contributed by atoms with Crippen LogP contribution in [0.2, 0.25) is 5.02 Å². The van der Waals surface area contributed by atoms with Crippen LogP contribution in [0.5, 0.6) is 0 Å². The Morgan fingerprint density at radius 1 is 1.07 bits per heavy atom. The van der Waals surface area contributed by atoms with Gasteiger partial charge in [0.05, 0.1) is 15.6 Å². The minimum Gasteiger partial charge on any atom is -0.333 e. The first-order chi connectivity index (χ1) is 13.5. The number of aromatic nitrogens is 2.